The van der Waals surface area contributed by atoms with E-state index in [4.69, 9.17) is 14.9 Å². The highest BCUT2D eigenvalue weighted by Gasteiger charge is 2.36. The topological polar surface area (TPSA) is 57.4 Å². The third-order valence-electron chi connectivity index (χ3n) is 4.53. The van der Waals surface area contributed by atoms with Crippen LogP contribution in [0.5, 0.6) is 0 Å². The van der Waals surface area contributed by atoms with E-state index in [1.54, 1.807) is 0 Å². The number of pyridine rings is 1. The molecule has 23 heavy (non-hydrogen) atoms. The molecule has 0 fully saturated rings. The van der Waals surface area contributed by atoms with Crippen LogP contribution in [0, 0.1) is 0 Å². The Morgan fingerprint density at radius 1 is 1.13 bits per heavy atom. The lowest BCUT2D eigenvalue weighted by atomic mass is 10.1. The van der Waals surface area contributed by atoms with Crippen molar-refractivity contribution in [3.63, 3.8) is 0 Å². The highest BCUT2D eigenvalue weighted by Crippen LogP contribution is 2.36. The first kappa shape index (κ1) is 17.9. The zero-order chi connectivity index (χ0) is 17.1. The molecule has 0 amide bonds. The van der Waals surface area contributed by atoms with Gasteiger partial charge in [-0.15, -0.1) is 0 Å². The Balaban J connectivity index is 1.82. The lowest BCUT2D eigenvalue weighted by molar-refractivity contribution is 0.0845. The van der Waals surface area contributed by atoms with Crippen LogP contribution in [0.1, 0.15) is 26.3 Å². The number of rotatable bonds is 6. The Morgan fingerprint density at radius 3 is 2.57 bits per heavy atom. The highest BCUT2D eigenvalue weighted by molar-refractivity contribution is 6.74. The molecule has 1 aromatic carbocycles. The fourth-order valence-corrected chi connectivity index (χ4v) is 3.05. The first-order valence-electron chi connectivity index (χ1n) is 8.05. The maximum absolute atomic E-state index is 6.10. The number of ether oxygens (including phenoxy) is 1. The molecule has 1 heterocycles. The van der Waals surface area contributed by atoms with Crippen LogP contribution < -0.4 is 5.73 Å². The molecule has 2 N–H and O–H groups in total. The second-order valence-electron chi connectivity index (χ2n) is 7.46. The standard InChI is InChI=1S/C18H28N2O2Si/c1-18(2,3)23(4,5)22-9-8-21-13-14-10-15-6-7-16(19)11-17(15)20-12-14/h6-7,10-12H,8-9,13,19H2,1-5H3. The number of hydrogen-bond acceptors (Lipinski definition) is 4. The third kappa shape index (κ3) is 4.77. The summed E-state index contributed by atoms with van der Waals surface area (Å²) in [6, 6.07) is 7.85. The molecular weight excluding hydrogens is 304 g/mol. The van der Waals surface area contributed by atoms with E-state index in [1.807, 2.05) is 24.4 Å². The van der Waals surface area contributed by atoms with E-state index in [0.29, 0.717) is 19.8 Å². The summed E-state index contributed by atoms with van der Waals surface area (Å²) in [6.07, 6.45) is 1.84. The van der Waals surface area contributed by atoms with E-state index in [2.05, 4.69) is 44.9 Å². The van der Waals surface area contributed by atoms with Gasteiger partial charge in [0.2, 0.25) is 0 Å². The van der Waals surface area contributed by atoms with Crippen molar-refractivity contribution in [2.75, 3.05) is 18.9 Å². The summed E-state index contributed by atoms with van der Waals surface area (Å²) in [5, 5.41) is 1.31. The Morgan fingerprint density at radius 2 is 1.87 bits per heavy atom. The number of anilines is 1. The van der Waals surface area contributed by atoms with Gasteiger partial charge in [0.05, 0.1) is 25.3 Å². The minimum atomic E-state index is -1.68. The van der Waals surface area contributed by atoms with Crippen molar-refractivity contribution in [3.8, 4) is 0 Å². The van der Waals surface area contributed by atoms with Gasteiger partial charge in [-0.2, -0.15) is 0 Å². The molecule has 1 aromatic heterocycles. The van der Waals surface area contributed by atoms with Crippen molar-refractivity contribution in [1.82, 2.24) is 4.98 Å². The van der Waals surface area contributed by atoms with E-state index in [0.717, 1.165) is 22.2 Å². The molecule has 0 aliphatic heterocycles. The number of nitrogens with two attached hydrogens (primary N) is 1. The quantitative estimate of drug-likeness (QED) is 0.485. The molecule has 0 aliphatic rings. The Labute approximate surface area is 140 Å². The van der Waals surface area contributed by atoms with Crippen LogP contribution in [-0.2, 0) is 15.8 Å². The minimum absolute atomic E-state index is 0.233. The van der Waals surface area contributed by atoms with Gasteiger partial charge in [0.1, 0.15) is 0 Å². The van der Waals surface area contributed by atoms with Gasteiger partial charge in [-0.3, -0.25) is 4.98 Å². The second kappa shape index (κ2) is 6.99. The first-order chi connectivity index (χ1) is 10.7. The molecule has 0 spiro atoms. The molecule has 0 aliphatic carbocycles. The largest absolute Gasteiger partial charge is 0.414 e. The van der Waals surface area contributed by atoms with Crippen LogP contribution in [0.4, 0.5) is 5.69 Å². The zero-order valence-electron chi connectivity index (χ0n) is 14.8. The Hall–Kier alpha value is -1.43. The van der Waals surface area contributed by atoms with E-state index in [9.17, 15) is 0 Å². The van der Waals surface area contributed by atoms with Gasteiger partial charge in [-0.1, -0.05) is 26.8 Å². The lowest BCUT2D eigenvalue weighted by Gasteiger charge is -2.36. The fraction of sp³-hybridized carbons (Fsp3) is 0.500. The number of benzene rings is 1. The number of fused-ring (bicyclic) bond motifs is 1. The molecule has 0 saturated heterocycles. The van der Waals surface area contributed by atoms with Crippen LogP contribution in [0.15, 0.2) is 30.5 Å². The van der Waals surface area contributed by atoms with Crippen molar-refractivity contribution in [2.24, 2.45) is 0 Å². The summed E-state index contributed by atoms with van der Waals surface area (Å²) in [4.78, 5) is 4.43. The summed E-state index contributed by atoms with van der Waals surface area (Å²) in [5.74, 6) is 0. The number of hydrogen-bond donors (Lipinski definition) is 1. The van der Waals surface area contributed by atoms with Crippen LogP contribution >= 0.6 is 0 Å². The van der Waals surface area contributed by atoms with Crippen molar-refractivity contribution < 1.29 is 9.16 Å². The van der Waals surface area contributed by atoms with Gasteiger partial charge < -0.3 is 14.9 Å². The molecule has 4 nitrogen and oxygen atoms in total. The molecule has 126 valence electrons. The van der Waals surface area contributed by atoms with Crippen molar-refractivity contribution in [2.45, 2.75) is 45.5 Å². The summed E-state index contributed by atoms with van der Waals surface area (Å²) in [6.45, 7) is 13.0. The molecule has 2 rings (SSSR count). The predicted octanol–water partition coefficient (Wildman–Crippen LogP) is 4.36. The Bertz CT molecular complexity index is 666. The highest BCUT2D eigenvalue weighted by atomic mass is 28.4. The first-order valence-corrected chi connectivity index (χ1v) is 11.0. The van der Waals surface area contributed by atoms with Crippen LogP contribution in [0.3, 0.4) is 0 Å². The summed E-state index contributed by atoms with van der Waals surface area (Å²) in [7, 11) is -1.68. The molecular formula is C18H28N2O2Si. The second-order valence-corrected chi connectivity index (χ2v) is 12.3. The Kier molecular flexibility index (Phi) is 5.44. The van der Waals surface area contributed by atoms with Crippen LogP contribution in [-0.4, -0.2) is 26.5 Å². The zero-order valence-corrected chi connectivity index (χ0v) is 15.8. The third-order valence-corrected chi connectivity index (χ3v) is 9.07. The van der Waals surface area contributed by atoms with Gasteiger partial charge in [0, 0.05) is 17.3 Å². The molecule has 0 radical (unpaired) electrons. The summed E-state index contributed by atoms with van der Waals surface area (Å²) in [5.41, 5.74) is 8.48. The van der Waals surface area contributed by atoms with Crippen LogP contribution in [0.25, 0.3) is 10.9 Å². The normalized spacial score (nSPS) is 12.7. The molecule has 2 aromatic rings. The summed E-state index contributed by atoms with van der Waals surface area (Å²) >= 11 is 0. The molecule has 5 heteroatoms. The maximum atomic E-state index is 6.10. The average molecular weight is 333 g/mol. The monoisotopic (exact) mass is 332 g/mol. The van der Waals surface area contributed by atoms with Gasteiger partial charge in [0.15, 0.2) is 8.32 Å². The van der Waals surface area contributed by atoms with Crippen molar-refractivity contribution in [1.29, 1.82) is 0 Å². The van der Waals surface area contributed by atoms with Gasteiger partial charge >= 0.3 is 0 Å². The number of aromatic nitrogens is 1. The fourth-order valence-electron chi connectivity index (χ4n) is 2.03. The van der Waals surface area contributed by atoms with Crippen molar-refractivity contribution >= 4 is 24.9 Å². The predicted molar refractivity (Wildman–Crippen MR) is 99.0 cm³/mol. The molecule has 0 atom stereocenters. The van der Waals surface area contributed by atoms with E-state index in [1.165, 1.54) is 0 Å². The van der Waals surface area contributed by atoms with E-state index >= 15 is 0 Å². The number of nitrogens with zero attached hydrogens (tertiary/aromatic N) is 1. The lowest BCUT2D eigenvalue weighted by Crippen LogP contribution is -2.41. The minimum Gasteiger partial charge on any atom is -0.414 e. The van der Waals surface area contributed by atoms with Gasteiger partial charge in [-0.05, 0) is 41.9 Å². The smallest absolute Gasteiger partial charge is 0.192 e. The van der Waals surface area contributed by atoms with Crippen molar-refractivity contribution in [3.05, 3.63) is 36.0 Å². The van der Waals surface area contributed by atoms with E-state index in [-0.39, 0.29) is 5.04 Å². The molecule has 0 saturated carbocycles. The maximum Gasteiger partial charge on any atom is 0.192 e. The SMILES string of the molecule is CC(C)(C)[Si](C)(C)OCCOCc1cnc2cc(N)ccc2c1. The van der Waals surface area contributed by atoms with E-state index < -0.39 is 8.32 Å². The summed E-state index contributed by atoms with van der Waals surface area (Å²) < 4.78 is 11.8. The average Bonchev–Trinajstić information content (AvgIpc) is 2.45. The molecule has 0 unspecified atom stereocenters. The van der Waals surface area contributed by atoms with Gasteiger partial charge in [0.25, 0.3) is 0 Å². The number of nitrogen functional groups attached to an aromatic ring is 1. The van der Waals surface area contributed by atoms with Crippen LogP contribution in [0.2, 0.25) is 18.1 Å². The van der Waals surface area contributed by atoms with Gasteiger partial charge in [-0.25, -0.2) is 0 Å². The molecule has 0 bridgehead atoms.